The summed E-state index contributed by atoms with van der Waals surface area (Å²) in [6.07, 6.45) is 2.44. The van der Waals surface area contributed by atoms with Crippen LogP contribution >= 0.6 is 35.3 Å². The Morgan fingerprint density at radius 2 is 2.04 bits per heavy atom. The lowest BCUT2D eigenvalue weighted by Gasteiger charge is -2.20. The molecule has 0 bridgehead atoms. The average Bonchev–Trinajstić information content (AvgIpc) is 2.87. The molecule has 2 heterocycles. The molecule has 1 aromatic rings. The normalized spacial score (nSPS) is 17.0. The fraction of sp³-hybridized carbons (Fsp3) is 0.722. The van der Waals surface area contributed by atoms with Gasteiger partial charge in [-0.2, -0.15) is 0 Å². The van der Waals surface area contributed by atoms with E-state index in [0.29, 0.717) is 0 Å². The molecule has 1 saturated heterocycles. The molecule has 0 amide bonds. The molecule has 7 heteroatoms. The molecular weight excluding hydrogens is 445 g/mol. The maximum atomic E-state index is 4.69. The molecule has 1 aliphatic heterocycles. The Kier molecular flexibility index (Phi) is 11.7. The summed E-state index contributed by atoms with van der Waals surface area (Å²) in [5.74, 6) is 0.930. The summed E-state index contributed by atoms with van der Waals surface area (Å²) in [5, 5.41) is 6.81. The van der Waals surface area contributed by atoms with Crippen LogP contribution in [0.4, 0.5) is 0 Å². The Bertz CT molecular complexity index is 505. The molecule has 5 nitrogen and oxygen atoms in total. The molecule has 0 radical (unpaired) electrons. The van der Waals surface area contributed by atoms with Crippen LogP contribution in [0.3, 0.4) is 0 Å². The lowest BCUT2D eigenvalue weighted by Crippen LogP contribution is -2.39. The topological polar surface area (TPSA) is 42.9 Å². The number of hydrogen-bond donors (Lipinski definition) is 2. The maximum Gasteiger partial charge on any atom is 0.191 e. The van der Waals surface area contributed by atoms with Crippen LogP contribution in [0, 0.1) is 6.92 Å². The summed E-state index contributed by atoms with van der Waals surface area (Å²) >= 11 is 1.82. The molecular formula is C18H34IN5S. The minimum Gasteiger partial charge on any atom is -0.357 e. The minimum atomic E-state index is 0. The summed E-state index contributed by atoms with van der Waals surface area (Å²) in [6.45, 7) is 12.9. The van der Waals surface area contributed by atoms with Gasteiger partial charge in [-0.1, -0.05) is 0 Å². The fourth-order valence-electron chi connectivity index (χ4n) is 2.90. The van der Waals surface area contributed by atoms with E-state index in [1.165, 1.54) is 48.9 Å². The van der Waals surface area contributed by atoms with Crippen molar-refractivity contribution in [3.05, 3.63) is 21.9 Å². The molecule has 0 saturated carbocycles. The first-order valence-corrected chi connectivity index (χ1v) is 9.97. The Balaban J connectivity index is 0.00000312. The summed E-state index contributed by atoms with van der Waals surface area (Å²) in [4.78, 5) is 12.4. The second-order valence-corrected chi connectivity index (χ2v) is 7.86. The van der Waals surface area contributed by atoms with E-state index in [2.05, 4.69) is 53.5 Å². The van der Waals surface area contributed by atoms with Gasteiger partial charge in [0.1, 0.15) is 0 Å². The number of nitrogens with zero attached hydrogens (tertiary/aromatic N) is 3. The number of guanidine groups is 1. The molecule has 0 spiro atoms. The average molecular weight is 479 g/mol. The molecule has 0 aromatic carbocycles. The molecule has 1 aromatic heterocycles. The molecule has 2 rings (SSSR count). The van der Waals surface area contributed by atoms with Crippen molar-refractivity contribution >= 4 is 41.3 Å². The Labute approximate surface area is 174 Å². The molecule has 144 valence electrons. The highest BCUT2D eigenvalue weighted by Gasteiger charge is 2.11. The van der Waals surface area contributed by atoms with Crippen LogP contribution in [0.5, 0.6) is 0 Å². The van der Waals surface area contributed by atoms with Crippen LogP contribution in [0.15, 0.2) is 17.1 Å². The van der Waals surface area contributed by atoms with Gasteiger partial charge in [0, 0.05) is 35.9 Å². The molecule has 2 N–H and O–H groups in total. The van der Waals surface area contributed by atoms with Crippen molar-refractivity contribution in [3.8, 4) is 0 Å². The van der Waals surface area contributed by atoms with Crippen LogP contribution in [0.1, 0.15) is 29.5 Å². The zero-order chi connectivity index (χ0) is 17.2. The van der Waals surface area contributed by atoms with Crippen molar-refractivity contribution < 1.29 is 0 Å². The first-order chi connectivity index (χ1) is 11.7. The molecule has 1 aliphatic rings. The van der Waals surface area contributed by atoms with Crippen molar-refractivity contribution in [3.63, 3.8) is 0 Å². The Hall–Kier alpha value is -0.380. The fourth-order valence-corrected chi connectivity index (χ4v) is 3.72. The predicted molar refractivity (Wildman–Crippen MR) is 120 cm³/mol. The lowest BCUT2D eigenvalue weighted by molar-refractivity contribution is 0.274. The number of hydrogen-bond acceptors (Lipinski definition) is 4. The zero-order valence-electron chi connectivity index (χ0n) is 15.9. The summed E-state index contributed by atoms with van der Waals surface area (Å²) in [7, 11) is 2.22. The summed E-state index contributed by atoms with van der Waals surface area (Å²) in [6, 6.07) is 4.33. The van der Waals surface area contributed by atoms with Crippen molar-refractivity contribution in [1.29, 1.82) is 0 Å². The van der Waals surface area contributed by atoms with E-state index in [1.54, 1.807) is 0 Å². The number of nitrogens with one attached hydrogen (secondary N) is 2. The van der Waals surface area contributed by atoms with Gasteiger partial charge in [-0.15, -0.1) is 35.3 Å². The van der Waals surface area contributed by atoms with E-state index in [4.69, 9.17) is 4.99 Å². The van der Waals surface area contributed by atoms with E-state index in [0.717, 1.165) is 32.0 Å². The van der Waals surface area contributed by atoms with E-state index in [1.807, 2.05) is 11.3 Å². The first-order valence-electron chi connectivity index (χ1n) is 9.15. The van der Waals surface area contributed by atoms with E-state index < -0.39 is 0 Å². The molecule has 0 unspecified atom stereocenters. The predicted octanol–water partition coefficient (Wildman–Crippen LogP) is 2.76. The highest BCUT2D eigenvalue weighted by Crippen LogP contribution is 2.15. The quantitative estimate of drug-likeness (QED) is 0.273. The first kappa shape index (κ1) is 22.7. The second-order valence-electron chi connectivity index (χ2n) is 6.49. The van der Waals surface area contributed by atoms with Gasteiger partial charge in [0.05, 0.1) is 6.54 Å². The monoisotopic (exact) mass is 479 g/mol. The van der Waals surface area contributed by atoms with Gasteiger partial charge < -0.3 is 20.4 Å². The van der Waals surface area contributed by atoms with Gasteiger partial charge in [-0.25, -0.2) is 4.99 Å². The van der Waals surface area contributed by atoms with Crippen molar-refractivity contribution in [2.75, 3.05) is 52.9 Å². The SMILES string of the molecule is CCNC(=NCc1ccc(C)s1)NCCCN1CCCN(C)CC1.I. The van der Waals surface area contributed by atoms with Crippen LogP contribution in [-0.2, 0) is 6.54 Å². The summed E-state index contributed by atoms with van der Waals surface area (Å²) in [5.41, 5.74) is 0. The zero-order valence-corrected chi connectivity index (χ0v) is 19.0. The van der Waals surface area contributed by atoms with Gasteiger partial charge in [0.15, 0.2) is 5.96 Å². The highest BCUT2D eigenvalue weighted by molar-refractivity contribution is 14.0. The largest absolute Gasteiger partial charge is 0.357 e. The standard InChI is InChI=1S/C18H33N5S.HI/c1-4-19-18(21-15-17-8-7-16(2)24-17)20-9-5-11-23-12-6-10-22(3)13-14-23;/h7-8H,4-6,9-15H2,1-3H3,(H2,19,20,21);1H. The third-order valence-electron chi connectivity index (χ3n) is 4.29. The maximum absolute atomic E-state index is 4.69. The third kappa shape index (κ3) is 9.21. The lowest BCUT2D eigenvalue weighted by atomic mass is 10.3. The molecule has 25 heavy (non-hydrogen) atoms. The number of likely N-dealkylation sites (N-methyl/N-ethyl adjacent to an activating group) is 1. The van der Waals surface area contributed by atoms with Gasteiger partial charge in [0.2, 0.25) is 0 Å². The van der Waals surface area contributed by atoms with Crippen molar-refractivity contribution in [2.24, 2.45) is 4.99 Å². The van der Waals surface area contributed by atoms with E-state index in [9.17, 15) is 0 Å². The van der Waals surface area contributed by atoms with Gasteiger partial charge in [-0.05, 0) is 65.5 Å². The van der Waals surface area contributed by atoms with Gasteiger partial charge >= 0.3 is 0 Å². The minimum absolute atomic E-state index is 0. The van der Waals surface area contributed by atoms with Crippen molar-refractivity contribution in [2.45, 2.75) is 33.2 Å². The molecule has 0 atom stereocenters. The van der Waals surface area contributed by atoms with Crippen LogP contribution in [0.2, 0.25) is 0 Å². The van der Waals surface area contributed by atoms with Crippen molar-refractivity contribution in [1.82, 2.24) is 20.4 Å². The molecule has 0 aliphatic carbocycles. The van der Waals surface area contributed by atoms with E-state index in [-0.39, 0.29) is 24.0 Å². The van der Waals surface area contributed by atoms with Gasteiger partial charge in [0.25, 0.3) is 0 Å². The highest BCUT2D eigenvalue weighted by atomic mass is 127. The number of aliphatic imine (C=N–C) groups is 1. The number of thiophene rings is 1. The van der Waals surface area contributed by atoms with E-state index >= 15 is 0 Å². The Morgan fingerprint density at radius 3 is 2.76 bits per heavy atom. The smallest absolute Gasteiger partial charge is 0.191 e. The number of aryl methyl sites for hydroxylation is 1. The second kappa shape index (κ2) is 12.9. The molecule has 1 fully saturated rings. The third-order valence-corrected chi connectivity index (χ3v) is 5.27. The summed E-state index contributed by atoms with van der Waals surface area (Å²) < 4.78 is 0. The van der Waals surface area contributed by atoms with Crippen LogP contribution in [-0.4, -0.2) is 68.6 Å². The van der Waals surface area contributed by atoms with Crippen LogP contribution in [0.25, 0.3) is 0 Å². The van der Waals surface area contributed by atoms with Gasteiger partial charge in [-0.3, -0.25) is 0 Å². The van der Waals surface area contributed by atoms with Crippen LogP contribution < -0.4 is 10.6 Å². The number of rotatable bonds is 7. The Morgan fingerprint density at radius 1 is 1.20 bits per heavy atom. The number of halogens is 1.